The molecule has 1 heterocycles. The van der Waals surface area contributed by atoms with E-state index >= 15 is 0 Å². The zero-order valence-electron chi connectivity index (χ0n) is 9.55. The summed E-state index contributed by atoms with van der Waals surface area (Å²) in [6, 6.07) is 8.96. The van der Waals surface area contributed by atoms with Gasteiger partial charge in [0.2, 0.25) is 0 Å². The minimum atomic E-state index is -0.561. The van der Waals surface area contributed by atoms with Crippen LogP contribution in [0.3, 0.4) is 0 Å². The lowest BCUT2D eigenvalue weighted by molar-refractivity contribution is 0.185. The summed E-state index contributed by atoms with van der Waals surface area (Å²) in [6.45, 7) is 0. The van der Waals surface area contributed by atoms with Crippen molar-refractivity contribution in [2.75, 3.05) is 5.32 Å². The predicted octanol–water partition coefficient (Wildman–Crippen LogP) is 3.17. The van der Waals surface area contributed by atoms with E-state index in [0.29, 0.717) is 16.1 Å². The van der Waals surface area contributed by atoms with Gasteiger partial charge in [0, 0.05) is 23.0 Å². The second kappa shape index (κ2) is 5.77. The highest BCUT2D eigenvalue weighted by Crippen LogP contribution is 2.14. The Labute approximate surface area is 118 Å². The summed E-state index contributed by atoms with van der Waals surface area (Å²) in [6.07, 6.45) is 1.29. The van der Waals surface area contributed by atoms with Gasteiger partial charge in [-0.25, -0.2) is 4.79 Å². The Morgan fingerprint density at radius 1 is 1.26 bits per heavy atom. The normalized spacial score (nSPS) is 11.4. The summed E-state index contributed by atoms with van der Waals surface area (Å²) >= 11 is 11.5. The van der Waals surface area contributed by atoms with Gasteiger partial charge >= 0.3 is 6.03 Å². The van der Waals surface area contributed by atoms with Gasteiger partial charge in [-0.3, -0.25) is 0 Å². The van der Waals surface area contributed by atoms with Crippen LogP contribution in [0.5, 0.6) is 0 Å². The van der Waals surface area contributed by atoms with Crippen molar-refractivity contribution in [1.29, 1.82) is 0 Å². The summed E-state index contributed by atoms with van der Waals surface area (Å²) in [7, 11) is 0. The van der Waals surface area contributed by atoms with Crippen LogP contribution in [0.25, 0.3) is 0 Å². The van der Waals surface area contributed by atoms with Gasteiger partial charge in [-0.15, -0.1) is 0 Å². The molecule has 0 aliphatic heterocycles. The second-order valence-electron chi connectivity index (χ2n) is 3.60. The molecule has 0 unspecified atom stereocenters. The van der Waals surface area contributed by atoms with Crippen LogP contribution in [0.2, 0.25) is 10.2 Å². The minimum Gasteiger partial charge on any atom is -0.428 e. The molecule has 1 aromatic heterocycles. The van der Waals surface area contributed by atoms with E-state index in [1.165, 1.54) is 18.3 Å². The third-order valence-corrected chi connectivity index (χ3v) is 2.70. The van der Waals surface area contributed by atoms with Gasteiger partial charge in [0.1, 0.15) is 5.15 Å². The van der Waals surface area contributed by atoms with E-state index in [4.69, 9.17) is 23.2 Å². The zero-order chi connectivity index (χ0) is 13.8. The number of anilines is 1. The second-order valence-corrected chi connectivity index (χ2v) is 4.43. The van der Waals surface area contributed by atoms with Crippen molar-refractivity contribution in [2.24, 2.45) is 4.99 Å². The van der Waals surface area contributed by atoms with Gasteiger partial charge in [0.25, 0.3) is 0 Å². The molecule has 5 nitrogen and oxygen atoms in total. The molecule has 0 spiro atoms. The van der Waals surface area contributed by atoms with Gasteiger partial charge in [-0.2, -0.15) is 9.72 Å². The predicted molar refractivity (Wildman–Crippen MR) is 72.7 cm³/mol. The molecule has 19 heavy (non-hydrogen) atoms. The van der Waals surface area contributed by atoms with Crippen molar-refractivity contribution in [2.45, 2.75) is 0 Å². The van der Waals surface area contributed by atoms with Crippen LogP contribution in [0.1, 0.15) is 0 Å². The SMILES string of the molecule is O=C(N=c1ccn(O)c(Cl)c1)Nc1cccc(Cl)c1. The van der Waals surface area contributed by atoms with Crippen molar-refractivity contribution in [1.82, 2.24) is 4.73 Å². The largest absolute Gasteiger partial charge is 0.428 e. The number of benzene rings is 1. The Morgan fingerprint density at radius 3 is 2.74 bits per heavy atom. The van der Waals surface area contributed by atoms with Gasteiger partial charge in [-0.05, 0) is 24.3 Å². The number of halogens is 2. The van der Waals surface area contributed by atoms with Crippen LogP contribution in [-0.4, -0.2) is 16.0 Å². The Morgan fingerprint density at radius 2 is 2.05 bits per heavy atom. The van der Waals surface area contributed by atoms with E-state index < -0.39 is 6.03 Å². The number of amides is 2. The van der Waals surface area contributed by atoms with Crippen LogP contribution < -0.4 is 10.7 Å². The lowest BCUT2D eigenvalue weighted by atomic mass is 10.3. The molecule has 7 heteroatoms. The molecule has 0 saturated carbocycles. The van der Waals surface area contributed by atoms with Crippen LogP contribution >= 0.6 is 23.2 Å². The van der Waals surface area contributed by atoms with Crippen molar-refractivity contribution in [3.63, 3.8) is 0 Å². The van der Waals surface area contributed by atoms with Crippen molar-refractivity contribution < 1.29 is 10.0 Å². The molecule has 2 amide bonds. The highest BCUT2D eigenvalue weighted by molar-refractivity contribution is 6.31. The first-order chi connectivity index (χ1) is 9.04. The fourth-order valence-electron chi connectivity index (χ4n) is 1.36. The number of hydrogen-bond acceptors (Lipinski definition) is 2. The number of aromatic nitrogens is 1. The molecule has 0 aliphatic carbocycles. The molecule has 98 valence electrons. The molecule has 2 rings (SSSR count). The van der Waals surface area contributed by atoms with E-state index in [0.717, 1.165) is 4.73 Å². The summed E-state index contributed by atoms with van der Waals surface area (Å²) in [5.41, 5.74) is 0.542. The third-order valence-electron chi connectivity index (χ3n) is 2.18. The van der Waals surface area contributed by atoms with E-state index in [2.05, 4.69) is 10.3 Å². The molecule has 2 aromatic rings. The molecule has 2 N–H and O–H groups in total. The number of pyridine rings is 1. The molecule has 0 radical (unpaired) electrons. The number of rotatable bonds is 1. The fraction of sp³-hybridized carbons (Fsp3) is 0. The van der Waals surface area contributed by atoms with Crippen LogP contribution in [-0.2, 0) is 0 Å². The standard InChI is InChI=1S/C12H9Cl2N3O2/c13-8-2-1-3-9(6-8)15-12(18)16-10-4-5-17(19)11(14)7-10/h1-7,19H,(H,15,18). The summed E-state index contributed by atoms with van der Waals surface area (Å²) in [5.74, 6) is 0. The maximum Gasteiger partial charge on any atom is 0.345 e. The third kappa shape index (κ3) is 3.74. The Kier molecular flexibility index (Phi) is 4.09. The number of nitrogens with zero attached hydrogens (tertiary/aromatic N) is 2. The molecule has 1 aromatic carbocycles. The Bertz CT molecular complexity index is 683. The van der Waals surface area contributed by atoms with Gasteiger partial charge in [0.05, 0.1) is 5.36 Å². The Hall–Kier alpha value is -1.98. The van der Waals surface area contributed by atoms with E-state index in [9.17, 15) is 10.0 Å². The average molecular weight is 298 g/mol. The highest BCUT2D eigenvalue weighted by atomic mass is 35.5. The minimum absolute atomic E-state index is 0.0526. The molecule has 0 aliphatic rings. The lowest BCUT2D eigenvalue weighted by Crippen LogP contribution is -2.13. The molecule has 0 atom stereocenters. The first-order valence-electron chi connectivity index (χ1n) is 5.23. The highest BCUT2D eigenvalue weighted by Gasteiger charge is 2.00. The number of carbonyl (C=O) groups is 1. The van der Waals surface area contributed by atoms with E-state index in [1.807, 2.05) is 0 Å². The maximum atomic E-state index is 11.7. The Balaban J connectivity index is 2.19. The zero-order valence-corrected chi connectivity index (χ0v) is 11.1. The average Bonchev–Trinajstić information content (AvgIpc) is 2.34. The van der Waals surface area contributed by atoms with Crippen LogP contribution in [0, 0.1) is 0 Å². The smallest absolute Gasteiger partial charge is 0.345 e. The van der Waals surface area contributed by atoms with Crippen molar-refractivity contribution in [3.05, 3.63) is 58.1 Å². The van der Waals surface area contributed by atoms with Gasteiger partial charge < -0.3 is 10.5 Å². The number of urea groups is 1. The summed E-state index contributed by atoms with van der Waals surface area (Å²) < 4.78 is 0.718. The molecular formula is C12H9Cl2N3O2. The summed E-state index contributed by atoms with van der Waals surface area (Å²) in [5, 5.41) is 12.6. The number of carbonyl (C=O) groups excluding carboxylic acids is 1. The van der Waals surface area contributed by atoms with E-state index in [1.54, 1.807) is 24.3 Å². The summed E-state index contributed by atoms with van der Waals surface area (Å²) in [4.78, 5) is 15.4. The number of nitrogens with one attached hydrogen (secondary N) is 1. The first-order valence-corrected chi connectivity index (χ1v) is 5.99. The fourth-order valence-corrected chi connectivity index (χ4v) is 1.72. The van der Waals surface area contributed by atoms with Crippen molar-refractivity contribution >= 4 is 34.9 Å². The topological polar surface area (TPSA) is 66.6 Å². The van der Waals surface area contributed by atoms with Gasteiger partial charge in [0.15, 0.2) is 0 Å². The first kappa shape index (κ1) is 13.5. The lowest BCUT2D eigenvalue weighted by Gasteiger charge is -2.02. The maximum absolute atomic E-state index is 11.7. The monoisotopic (exact) mass is 297 g/mol. The van der Waals surface area contributed by atoms with Crippen molar-refractivity contribution in [3.8, 4) is 0 Å². The number of hydrogen-bond donors (Lipinski definition) is 2. The van der Waals surface area contributed by atoms with Gasteiger partial charge in [-0.1, -0.05) is 29.3 Å². The molecule has 0 saturated heterocycles. The quantitative estimate of drug-likeness (QED) is 0.627. The van der Waals surface area contributed by atoms with Crippen LogP contribution in [0.4, 0.5) is 10.5 Å². The molecular weight excluding hydrogens is 289 g/mol. The molecule has 0 bridgehead atoms. The van der Waals surface area contributed by atoms with E-state index in [-0.39, 0.29) is 5.15 Å². The molecule has 0 fully saturated rings. The van der Waals surface area contributed by atoms with Crippen LogP contribution in [0.15, 0.2) is 47.6 Å².